The van der Waals surface area contributed by atoms with Crippen molar-refractivity contribution in [1.29, 1.82) is 0 Å². The normalized spacial score (nSPS) is 14.4. The van der Waals surface area contributed by atoms with Crippen molar-refractivity contribution in [2.75, 3.05) is 0 Å². The minimum absolute atomic E-state index is 0.203. The van der Waals surface area contributed by atoms with E-state index in [2.05, 4.69) is 25.9 Å². The summed E-state index contributed by atoms with van der Waals surface area (Å²) < 4.78 is 6.32. The van der Waals surface area contributed by atoms with Crippen LogP contribution in [0.5, 0.6) is 5.95 Å². The summed E-state index contributed by atoms with van der Waals surface area (Å²) in [7, 11) is 0. The van der Waals surface area contributed by atoms with Crippen LogP contribution in [0.4, 0.5) is 5.69 Å². The molecule has 0 amide bonds. The van der Waals surface area contributed by atoms with Gasteiger partial charge in [0.1, 0.15) is 5.69 Å². The first-order chi connectivity index (χ1) is 11.2. The van der Waals surface area contributed by atoms with E-state index >= 15 is 0 Å². The number of oxazole rings is 1. The van der Waals surface area contributed by atoms with E-state index < -0.39 is 0 Å². The summed E-state index contributed by atoms with van der Waals surface area (Å²) in [6.07, 6.45) is 3.52. The summed E-state index contributed by atoms with van der Waals surface area (Å²) in [6.45, 7) is 0. The summed E-state index contributed by atoms with van der Waals surface area (Å²) in [5.41, 5.74) is 3.94. The van der Waals surface area contributed by atoms with Gasteiger partial charge in [0.2, 0.25) is 5.89 Å². The van der Waals surface area contributed by atoms with Gasteiger partial charge in [0.05, 0.1) is 5.69 Å². The average molecular weight is 367 g/mol. The molecule has 0 spiro atoms. The van der Waals surface area contributed by atoms with Crippen LogP contribution in [0.15, 0.2) is 62.4 Å². The second-order valence-electron chi connectivity index (χ2n) is 5.07. The summed E-state index contributed by atoms with van der Waals surface area (Å²) >= 11 is 3.53. The van der Waals surface area contributed by atoms with Crippen LogP contribution in [-0.2, 0) is 0 Å². The predicted octanol–water partition coefficient (Wildman–Crippen LogP) is 5.07. The smallest absolute Gasteiger partial charge is 0.310 e. The van der Waals surface area contributed by atoms with Gasteiger partial charge in [-0.1, -0.05) is 40.2 Å². The van der Waals surface area contributed by atoms with Crippen LogP contribution in [0, 0.1) is 0 Å². The fraction of sp³-hybridized carbons (Fsp3) is 0. The van der Waals surface area contributed by atoms with Gasteiger partial charge in [-0.25, -0.2) is 4.98 Å². The maximum atomic E-state index is 10.0. The number of fused-ring (bicyclic) bond motifs is 1. The molecule has 4 nitrogen and oxygen atoms in total. The molecule has 1 N–H and O–H groups in total. The highest BCUT2D eigenvalue weighted by molar-refractivity contribution is 9.10. The Bertz CT molecular complexity index is 943. The van der Waals surface area contributed by atoms with Crippen LogP contribution in [0.1, 0.15) is 11.3 Å². The Kier molecular flexibility index (Phi) is 3.35. The first-order valence-corrected chi connectivity index (χ1v) is 7.81. The number of rotatable bonds is 2. The van der Waals surface area contributed by atoms with Crippen molar-refractivity contribution in [2.45, 2.75) is 0 Å². The number of aliphatic imine (C=N–C) groups is 1. The number of benzene rings is 2. The Balaban J connectivity index is 1.77. The Morgan fingerprint density at radius 3 is 2.70 bits per heavy atom. The van der Waals surface area contributed by atoms with Gasteiger partial charge < -0.3 is 9.52 Å². The molecule has 0 radical (unpaired) electrons. The zero-order chi connectivity index (χ0) is 15.8. The number of aromatic hydroxyl groups is 1. The molecule has 0 atom stereocenters. The Labute approximate surface area is 141 Å². The van der Waals surface area contributed by atoms with Gasteiger partial charge in [0.15, 0.2) is 0 Å². The minimum atomic E-state index is -0.203. The Morgan fingerprint density at radius 2 is 1.87 bits per heavy atom. The van der Waals surface area contributed by atoms with Gasteiger partial charge in [0, 0.05) is 27.4 Å². The van der Waals surface area contributed by atoms with E-state index in [1.54, 1.807) is 12.3 Å². The molecule has 4 rings (SSSR count). The second kappa shape index (κ2) is 5.52. The van der Waals surface area contributed by atoms with Gasteiger partial charge in [-0.2, -0.15) is 0 Å². The summed E-state index contributed by atoms with van der Waals surface area (Å²) in [5, 5.41) is 10.0. The fourth-order valence-corrected chi connectivity index (χ4v) is 3.07. The van der Waals surface area contributed by atoms with Crippen molar-refractivity contribution >= 4 is 39.5 Å². The highest BCUT2D eigenvalue weighted by Crippen LogP contribution is 2.39. The summed E-state index contributed by atoms with van der Waals surface area (Å²) in [5.74, 6) is 0.183. The van der Waals surface area contributed by atoms with E-state index in [0.29, 0.717) is 11.6 Å². The van der Waals surface area contributed by atoms with Crippen LogP contribution in [0.2, 0.25) is 0 Å². The molecule has 2 aromatic carbocycles. The summed E-state index contributed by atoms with van der Waals surface area (Å²) in [4.78, 5) is 8.75. The van der Waals surface area contributed by atoms with E-state index in [-0.39, 0.29) is 5.95 Å². The lowest BCUT2D eigenvalue weighted by molar-refractivity contribution is 0.336. The van der Waals surface area contributed by atoms with Crippen molar-refractivity contribution in [3.8, 4) is 17.4 Å². The molecule has 3 aromatic rings. The van der Waals surface area contributed by atoms with Crippen LogP contribution >= 0.6 is 15.9 Å². The average Bonchev–Trinajstić information content (AvgIpc) is 3.14. The molecule has 0 bridgehead atoms. The van der Waals surface area contributed by atoms with Crippen LogP contribution in [0.25, 0.3) is 23.1 Å². The third kappa shape index (κ3) is 2.49. The van der Waals surface area contributed by atoms with Gasteiger partial charge in [-0.05, 0) is 30.3 Å². The Hall–Kier alpha value is -2.66. The van der Waals surface area contributed by atoms with Crippen molar-refractivity contribution in [2.24, 2.45) is 4.99 Å². The zero-order valence-corrected chi connectivity index (χ0v) is 13.5. The van der Waals surface area contributed by atoms with Crippen molar-refractivity contribution in [3.63, 3.8) is 0 Å². The molecule has 23 heavy (non-hydrogen) atoms. The van der Waals surface area contributed by atoms with E-state index in [9.17, 15) is 5.11 Å². The molecule has 1 aromatic heterocycles. The maximum Gasteiger partial charge on any atom is 0.310 e. The number of hydrogen-bond donors (Lipinski definition) is 1. The lowest BCUT2D eigenvalue weighted by Gasteiger charge is -2.01. The zero-order valence-electron chi connectivity index (χ0n) is 11.9. The van der Waals surface area contributed by atoms with Crippen LogP contribution in [-0.4, -0.2) is 16.3 Å². The number of halogens is 1. The van der Waals surface area contributed by atoms with Crippen molar-refractivity contribution in [1.82, 2.24) is 4.98 Å². The quantitative estimate of drug-likeness (QED) is 0.688. The molecule has 1 aliphatic heterocycles. The van der Waals surface area contributed by atoms with Crippen molar-refractivity contribution in [3.05, 3.63) is 64.3 Å². The van der Waals surface area contributed by atoms with Gasteiger partial charge in [-0.3, -0.25) is 4.99 Å². The maximum absolute atomic E-state index is 10.0. The number of aromatic nitrogens is 1. The SMILES string of the molecule is Oc1oc(-c2ccccc2)nc1/C=C1\C=Nc2cccc(Br)c21. The molecular formula is C18H11BrN2O2. The molecule has 1 aliphatic rings. The molecular weight excluding hydrogens is 356 g/mol. The molecule has 0 aliphatic carbocycles. The van der Waals surface area contributed by atoms with Gasteiger partial charge >= 0.3 is 5.95 Å². The monoisotopic (exact) mass is 366 g/mol. The molecule has 0 saturated carbocycles. The van der Waals surface area contributed by atoms with E-state index in [0.717, 1.165) is 26.9 Å². The summed E-state index contributed by atoms with van der Waals surface area (Å²) in [6, 6.07) is 15.3. The predicted molar refractivity (Wildman–Crippen MR) is 93.8 cm³/mol. The first kappa shape index (κ1) is 14.0. The number of allylic oxidation sites excluding steroid dienone is 1. The van der Waals surface area contributed by atoms with Gasteiger partial charge in [-0.15, -0.1) is 0 Å². The first-order valence-electron chi connectivity index (χ1n) is 7.02. The fourth-order valence-electron chi connectivity index (χ4n) is 2.49. The lowest BCUT2D eigenvalue weighted by Crippen LogP contribution is -1.84. The van der Waals surface area contributed by atoms with Crippen LogP contribution < -0.4 is 0 Å². The van der Waals surface area contributed by atoms with Crippen LogP contribution in [0.3, 0.4) is 0 Å². The highest BCUT2D eigenvalue weighted by Gasteiger charge is 2.18. The molecule has 0 fully saturated rings. The van der Waals surface area contributed by atoms with E-state index in [4.69, 9.17) is 4.42 Å². The molecule has 0 saturated heterocycles. The lowest BCUT2D eigenvalue weighted by atomic mass is 10.1. The molecule has 112 valence electrons. The molecule has 5 heteroatoms. The van der Waals surface area contributed by atoms with E-state index in [1.165, 1.54) is 0 Å². The minimum Gasteiger partial charge on any atom is -0.479 e. The molecule has 2 heterocycles. The third-order valence-corrected chi connectivity index (χ3v) is 4.23. The standard InChI is InChI=1S/C18H11BrN2O2/c19-13-7-4-8-14-16(13)12(10-20-14)9-15-18(22)23-17(21-15)11-5-2-1-3-6-11/h1-10,22H/b12-9+. The highest BCUT2D eigenvalue weighted by atomic mass is 79.9. The molecule has 0 unspecified atom stereocenters. The topological polar surface area (TPSA) is 58.6 Å². The van der Waals surface area contributed by atoms with Crippen molar-refractivity contribution < 1.29 is 9.52 Å². The third-order valence-electron chi connectivity index (χ3n) is 3.57. The van der Waals surface area contributed by atoms with E-state index in [1.807, 2.05) is 48.5 Å². The largest absolute Gasteiger partial charge is 0.479 e. The number of nitrogens with zero attached hydrogens (tertiary/aromatic N) is 2. The number of hydrogen-bond acceptors (Lipinski definition) is 4. The Morgan fingerprint density at radius 1 is 1.04 bits per heavy atom. The second-order valence-corrected chi connectivity index (χ2v) is 5.92. The van der Waals surface area contributed by atoms with Gasteiger partial charge in [0.25, 0.3) is 0 Å².